The number of benzene rings is 1. The molecule has 0 amide bonds. The van der Waals surface area contributed by atoms with Gasteiger partial charge in [0.05, 0.1) is 5.56 Å². The number of nitrogens with one attached hydrogen (secondary N) is 2. The maximum Gasteiger partial charge on any atom is 0.245 e. The summed E-state index contributed by atoms with van der Waals surface area (Å²) < 4.78 is 13.3. The Hall–Kier alpha value is -2.15. The van der Waals surface area contributed by atoms with Crippen LogP contribution in [0.15, 0.2) is 18.2 Å². The van der Waals surface area contributed by atoms with Gasteiger partial charge in [0.15, 0.2) is 5.82 Å². The van der Waals surface area contributed by atoms with Crippen LogP contribution in [0.1, 0.15) is 6.92 Å². The first-order chi connectivity index (χ1) is 9.63. The van der Waals surface area contributed by atoms with Crippen LogP contribution in [0.2, 0.25) is 0 Å². The highest BCUT2D eigenvalue weighted by atomic mass is 19.1. The van der Waals surface area contributed by atoms with Crippen molar-refractivity contribution < 1.29 is 9.50 Å². The third kappa shape index (κ3) is 2.44. The Bertz CT molecular complexity index is 615. The molecule has 1 aliphatic heterocycles. The van der Waals surface area contributed by atoms with Crippen LogP contribution in [0.25, 0.3) is 11.4 Å². The van der Waals surface area contributed by atoms with Crippen LogP contribution in [-0.2, 0) is 0 Å². The Labute approximate surface area is 115 Å². The number of halogens is 1. The second-order valence-corrected chi connectivity index (χ2v) is 4.95. The summed E-state index contributed by atoms with van der Waals surface area (Å²) in [6.45, 7) is 4.59. The first-order valence-corrected chi connectivity index (χ1v) is 6.53. The van der Waals surface area contributed by atoms with E-state index in [0.717, 1.165) is 19.6 Å². The van der Waals surface area contributed by atoms with Crippen LogP contribution in [-0.4, -0.2) is 46.0 Å². The number of nitrogens with zero attached hydrogens (tertiary/aromatic N) is 3. The predicted octanol–water partition coefficient (Wildman–Crippen LogP) is 1.11. The van der Waals surface area contributed by atoms with E-state index in [4.69, 9.17) is 0 Å². The molecule has 0 radical (unpaired) electrons. The van der Waals surface area contributed by atoms with Crippen molar-refractivity contribution in [2.45, 2.75) is 13.0 Å². The SMILES string of the molecule is C[C@@H]1CN(c2n[nH]c(-c3cc(F)ccc3O)n2)CCN1. The number of aromatic nitrogens is 3. The smallest absolute Gasteiger partial charge is 0.245 e. The van der Waals surface area contributed by atoms with Gasteiger partial charge in [0.25, 0.3) is 0 Å². The molecule has 2 heterocycles. The Morgan fingerprint density at radius 1 is 1.45 bits per heavy atom. The van der Waals surface area contributed by atoms with Crippen LogP contribution in [0.4, 0.5) is 10.3 Å². The second kappa shape index (κ2) is 5.09. The van der Waals surface area contributed by atoms with Gasteiger partial charge in [-0.1, -0.05) is 0 Å². The van der Waals surface area contributed by atoms with Gasteiger partial charge in [0, 0.05) is 25.7 Å². The number of aromatic amines is 1. The minimum atomic E-state index is -0.424. The van der Waals surface area contributed by atoms with Gasteiger partial charge >= 0.3 is 0 Å². The van der Waals surface area contributed by atoms with Crippen LogP contribution < -0.4 is 10.2 Å². The Balaban J connectivity index is 1.88. The predicted molar refractivity (Wildman–Crippen MR) is 73.1 cm³/mol. The van der Waals surface area contributed by atoms with Crippen molar-refractivity contribution in [2.75, 3.05) is 24.5 Å². The summed E-state index contributed by atoms with van der Waals surface area (Å²) in [4.78, 5) is 6.40. The molecule has 1 aromatic carbocycles. The summed E-state index contributed by atoms with van der Waals surface area (Å²) in [5.74, 6) is 0.481. The van der Waals surface area contributed by atoms with E-state index in [-0.39, 0.29) is 5.75 Å². The quantitative estimate of drug-likeness (QED) is 0.766. The van der Waals surface area contributed by atoms with Gasteiger partial charge in [-0.3, -0.25) is 5.10 Å². The van der Waals surface area contributed by atoms with Gasteiger partial charge in [-0.2, -0.15) is 4.98 Å². The molecule has 0 bridgehead atoms. The molecule has 0 spiro atoms. The molecule has 1 aliphatic rings. The van der Waals surface area contributed by atoms with Crippen molar-refractivity contribution in [3.8, 4) is 17.1 Å². The Kier molecular flexibility index (Phi) is 3.27. The summed E-state index contributed by atoms with van der Waals surface area (Å²) >= 11 is 0. The van der Waals surface area contributed by atoms with E-state index in [0.29, 0.717) is 23.4 Å². The maximum atomic E-state index is 13.3. The molecule has 1 fully saturated rings. The van der Waals surface area contributed by atoms with Gasteiger partial charge in [-0.05, 0) is 25.1 Å². The number of phenolic OH excluding ortho intramolecular Hbond substituents is 1. The number of hydrogen-bond acceptors (Lipinski definition) is 5. The van der Waals surface area contributed by atoms with Gasteiger partial charge in [0.1, 0.15) is 11.6 Å². The van der Waals surface area contributed by atoms with Crippen LogP contribution in [0, 0.1) is 5.82 Å². The van der Waals surface area contributed by atoms with Crippen LogP contribution in [0.5, 0.6) is 5.75 Å². The highest BCUT2D eigenvalue weighted by Gasteiger charge is 2.20. The fourth-order valence-corrected chi connectivity index (χ4v) is 2.33. The van der Waals surface area contributed by atoms with E-state index in [9.17, 15) is 9.50 Å². The number of piperazine rings is 1. The molecular formula is C13H16FN5O. The summed E-state index contributed by atoms with van der Waals surface area (Å²) in [5, 5.41) is 20.0. The molecule has 0 saturated carbocycles. The summed E-state index contributed by atoms with van der Waals surface area (Å²) in [6, 6.07) is 4.11. The van der Waals surface area contributed by atoms with Crippen molar-refractivity contribution in [1.29, 1.82) is 0 Å². The number of rotatable bonds is 2. The van der Waals surface area contributed by atoms with Gasteiger partial charge < -0.3 is 15.3 Å². The minimum Gasteiger partial charge on any atom is -0.507 e. The van der Waals surface area contributed by atoms with Crippen molar-refractivity contribution in [2.24, 2.45) is 0 Å². The zero-order chi connectivity index (χ0) is 14.1. The largest absolute Gasteiger partial charge is 0.507 e. The number of aromatic hydroxyl groups is 1. The van der Waals surface area contributed by atoms with Crippen LogP contribution in [0.3, 0.4) is 0 Å². The fourth-order valence-electron chi connectivity index (χ4n) is 2.33. The second-order valence-electron chi connectivity index (χ2n) is 4.95. The van der Waals surface area contributed by atoms with Crippen LogP contribution >= 0.6 is 0 Å². The molecule has 1 aromatic heterocycles. The standard InChI is InChI=1S/C13H16FN5O/c1-8-7-19(5-4-15-8)13-16-12(17-18-13)10-6-9(14)2-3-11(10)20/h2-3,6,8,15,20H,4-5,7H2,1H3,(H,16,17,18)/t8-/m1/s1. The first kappa shape index (κ1) is 12.9. The molecule has 3 N–H and O–H groups in total. The van der Waals surface area contributed by atoms with Crippen molar-refractivity contribution in [3.05, 3.63) is 24.0 Å². The number of H-pyrrole nitrogens is 1. The average molecular weight is 277 g/mol. The zero-order valence-electron chi connectivity index (χ0n) is 11.1. The zero-order valence-corrected chi connectivity index (χ0v) is 11.1. The lowest BCUT2D eigenvalue weighted by molar-refractivity contribution is 0.474. The lowest BCUT2D eigenvalue weighted by Crippen LogP contribution is -2.49. The van der Waals surface area contributed by atoms with Crippen molar-refractivity contribution >= 4 is 5.95 Å². The van der Waals surface area contributed by atoms with E-state index in [1.54, 1.807) is 0 Å². The highest BCUT2D eigenvalue weighted by Crippen LogP contribution is 2.28. The van der Waals surface area contributed by atoms with Gasteiger partial charge in [-0.15, -0.1) is 5.10 Å². The summed E-state index contributed by atoms with van der Waals surface area (Å²) in [7, 11) is 0. The minimum absolute atomic E-state index is 0.0252. The lowest BCUT2D eigenvalue weighted by atomic mass is 10.2. The lowest BCUT2D eigenvalue weighted by Gasteiger charge is -2.30. The van der Waals surface area contributed by atoms with E-state index >= 15 is 0 Å². The van der Waals surface area contributed by atoms with Crippen molar-refractivity contribution in [1.82, 2.24) is 20.5 Å². The molecule has 7 heteroatoms. The third-order valence-electron chi connectivity index (χ3n) is 3.34. The van der Waals surface area contributed by atoms with Crippen molar-refractivity contribution in [3.63, 3.8) is 0 Å². The van der Waals surface area contributed by atoms with Gasteiger partial charge in [0.2, 0.25) is 5.95 Å². The molecule has 1 saturated heterocycles. The Morgan fingerprint density at radius 2 is 2.30 bits per heavy atom. The molecule has 20 heavy (non-hydrogen) atoms. The van der Waals surface area contributed by atoms with Gasteiger partial charge in [-0.25, -0.2) is 4.39 Å². The number of hydrogen-bond donors (Lipinski definition) is 3. The monoisotopic (exact) mass is 277 g/mol. The molecule has 3 rings (SSSR count). The molecule has 0 aliphatic carbocycles. The fraction of sp³-hybridized carbons (Fsp3) is 0.385. The summed E-state index contributed by atoms with van der Waals surface area (Å²) in [6.07, 6.45) is 0. The van der Waals surface area contributed by atoms with E-state index < -0.39 is 5.82 Å². The van der Waals surface area contributed by atoms with E-state index in [2.05, 4.69) is 32.3 Å². The maximum absolute atomic E-state index is 13.3. The topological polar surface area (TPSA) is 77.1 Å². The molecule has 0 unspecified atom stereocenters. The molecular weight excluding hydrogens is 261 g/mol. The van der Waals surface area contributed by atoms with E-state index in [1.807, 2.05) is 0 Å². The number of anilines is 1. The molecule has 106 valence electrons. The first-order valence-electron chi connectivity index (χ1n) is 6.53. The Morgan fingerprint density at radius 3 is 3.10 bits per heavy atom. The molecule has 2 aromatic rings. The highest BCUT2D eigenvalue weighted by molar-refractivity contribution is 5.64. The third-order valence-corrected chi connectivity index (χ3v) is 3.34. The number of phenols is 1. The molecule has 1 atom stereocenters. The summed E-state index contributed by atoms with van der Waals surface area (Å²) in [5.41, 5.74) is 0.312. The normalized spacial score (nSPS) is 19.3. The average Bonchev–Trinajstić information content (AvgIpc) is 2.91. The molecule has 6 nitrogen and oxygen atoms in total. The van der Waals surface area contributed by atoms with E-state index in [1.165, 1.54) is 18.2 Å².